The fourth-order valence-corrected chi connectivity index (χ4v) is 2.86. The largest absolute Gasteiger partial charge is 0.399 e. The van der Waals surface area contributed by atoms with Gasteiger partial charge in [0, 0.05) is 32.1 Å². The summed E-state index contributed by atoms with van der Waals surface area (Å²) >= 11 is 22.4. The average molecular weight is 672 g/mol. The minimum Gasteiger partial charge on any atom is -0.399 e. The molecule has 13 heteroatoms. The number of rotatable bonds is 5. The van der Waals surface area contributed by atoms with Gasteiger partial charge >= 0.3 is 0 Å². The summed E-state index contributed by atoms with van der Waals surface area (Å²) in [6.07, 6.45) is 0. The van der Waals surface area contributed by atoms with Gasteiger partial charge < -0.3 is 21.3 Å². The van der Waals surface area contributed by atoms with Gasteiger partial charge in [-0.25, -0.2) is 9.69 Å². The smallest absolute Gasteiger partial charge is 0.256 e. The average Bonchev–Trinajstić information content (AvgIpc) is 2.80. The predicted octanol–water partition coefficient (Wildman–Crippen LogP) is 6.35. The quantitative estimate of drug-likeness (QED) is 0.128. The molecule has 35 heavy (non-hydrogen) atoms. The van der Waals surface area contributed by atoms with Gasteiger partial charge in [0.15, 0.2) is 0 Å². The number of carbonyl (C=O) groups is 2. The number of nitrogens with zero attached hydrogens (tertiary/aromatic N) is 2. The van der Waals surface area contributed by atoms with Crippen LogP contribution in [0.25, 0.3) is 9.69 Å². The van der Waals surface area contributed by atoms with Crippen LogP contribution in [0.3, 0.4) is 0 Å². The maximum absolute atomic E-state index is 11.6. The van der Waals surface area contributed by atoms with Crippen molar-refractivity contribution in [2.45, 2.75) is 25.0 Å². The molecule has 0 radical (unpaired) electrons. The molecule has 0 aliphatic heterocycles. The third kappa shape index (κ3) is 11.6. The molecule has 0 saturated carbocycles. The molecule has 8 nitrogen and oxygen atoms in total. The number of aliphatic hydroxyl groups is 2. The summed E-state index contributed by atoms with van der Waals surface area (Å²) < 4.78 is 0. The Morgan fingerprint density at radius 1 is 0.971 bits per heavy atom. The van der Waals surface area contributed by atoms with Gasteiger partial charge in [0.1, 0.15) is 11.2 Å². The molecular formula is C22H21Br2Cl3N4O4. The van der Waals surface area contributed by atoms with Crippen LogP contribution in [0.1, 0.15) is 13.8 Å². The van der Waals surface area contributed by atoms with Gasteiger partial charge in [0.2, 0.25) is 11.4 Å². The van der Waals surface area contributed by atoms with Gasteiger partial charge in [-0.15, -0.1) is 0 Å². The molecule has 0 saturated heterocycles. The van der Waals surface area contributed by atoms with Crippen LogP contribution < -0.4 is 11.1 Å². The normalized spacial score (nSPS) is 13.1. The first-order valence-corrected chi connectivity index (χ1v) is 12.7. The molecule has 0 bridgehead atoms. The van der Waals surface area contributed by atoms with Gasteiger partial charge in [0.05, 0.1) is 13.1 Å². The lowest BCUT2D eigenvalue weighted by molar-refractivity contribution is -0.130. The van der Waals surface area contributed by atoms with Crippen molar-refractivity contribution in [3.05, 3.63) is 69.3 Å². The van der Waals surface area contributed by atoms with Crippen molar-refractivity contribution in [2.24, 2.45) is 0 Å². The standard InChI is InChI=1S/C11H10BrClN2O2.C7H5ClN2.C4H6BrClO2/c1-11(17,6-12)10(16)15-7-3-4-9(14-2)8(13)5-7;1-10-7-3-2-5(9)4-6(7)8;1-4(8,2-5)3(6)7/h3-5,17H,6H2,1H3,(H,15,16);2-4H,9H2;8H,2H2,1H3/t11-;;4-/m0.0/s1. The lowest BCUT2D eigenvalue weighted by atomic mass is 10.1. The monoisotopic (exact) mass is 668 g/mol. The molecule has 0 spiro atoms. The van der Waals surface area contributed by atoms with Crippen molar-refractivity contribution >= 4 is 101 Å². The van der Waals surface area contributed by atoms with Crippen LogP contribution >= 0.6 is 66.7 Å². The maximum atomic E-state index is 11.6. The molecule has 0 heterocycles. The first-order valence-electron chi connectivity index (χ1n) is 9.32. The zero-order valence-electron chi connectivity index (χ0n) is 18.5. The molecule has 2 atom stereocenters. The van der Waals surface area contributed by atoms with E-state index >= 15 is 0 Å². The second-order valence-electron chi connectivity index (χ2n) is 7.14. The van der Waals surface area contributed by atoms with Gasteiger partial charge in [-0.1, -0.05) is 67.2 Å². The van der Waals surface area contributed by atoms with Crippen molar-refractivity contribution < 1.29 is 19.8 Å². The van der Waals surface area contributed by atoms with E-state index in [9.17, 15) is 14.7 Å². The Hall–Kier alpha value is -1.89. The van der Waals surface area contributed by atoms with E-state index < -0.39 is 22.4 Å². The summed E-state index contributed by atoms with van der Waals surface area (Å²) in [6.45, 7) is 16.2. The number of benzene rings is 2. The first kappa shape index (κ1) is 33.1. The second-order valence-corrected chi connectivity index (χ2v) is 9.42. The van der Waals surface area contributed by atoms with E-state index in [4.69, 9.17) is 58.8 Å². The number of halogens is 5. The molecule has 5 N–H and O–H groups in total. The zero-order chi connectivity index (χ0) is 27.4. The van der Waals surface area contributed by atoms with Crippen LogP contribution in [-0.4, -0.2) is 43.2 Å². The molecule has 0 aliphatic carbocycles. The fraction of sp³-hybridized carbons (Fsp3) is 0.273. The number of amides is 1. The number of anilines is 2. The summed E-state index contributed by atoms with van der Waals surface area (Å²) in [4.78, 5) is 28.2. The number of hydrogen-bond acceptors (Lipinski definition) is 5. The molecule has 2 aromatic carbocycles. The van der Waals surface area contributed by atoms with E-state index in [0.29, 0.717) is 27.8 Å². The second kappa shape index (κ2) is 15.3. The van der Waals surface area contributed by atoms with Gasteiger partial charge in [-0.3, -0.25) is 9.59 Å². The Morgan fingerprint density at radius 3 is 1.77 bits per heavy atom. The molecule has 188 valence electrons. The van der Waals surface area contributed by atoms with E-state index in [1.54, 1.807) is 24.3 Å². The Morgan fingerprint density at radius 2 is 1.43 bits per heavy atom. The van der Waals surface area contributed by atoms with E-state index in [0.717, 1.165) is 0 Å². The van der Waals surface area contributed by atoms with Gasteiger partial charge in [-0.05, 0) is 49.7 Å². The molecule has 0 aliphatic rings. The highest BCUT2D eigenvalue weighted by atomic mass is 79.9. The molecular weight excluding hydrogens is 650 g/mol. The minimum absolute atomic E-state index is 0.125. The van der Waals surface area contributed by atoms with Crippen molar-refractivity contribution in [3.63, 3.8) is 0 Å². The number of carbonyl (C=O) groups excluding carboxylic acids is 2. The Bertz CT molecular complexity index is 1130. The molecule has 2 rings (SSSR count). The molecule has 2 aromatic rings. The van der Waals surface area contributed by atoms with Crippen LogP contribution in [0.4, 0.5) is 22.7 Å². The molecule has 0 fully saturated rings. The topological polar surface area (TPSA) is 121 Å². The highest BCUT2D eigenvalue weighted by Crippen LogP contribution is 2.28. The fourth-order valence-electron chi connectivity index (χ4n) is 1.67. The summed E-state index contributed by atoms with van der Waals surface area (Å²) in [7, 11) is 0. The molecule has 1 amide bonds. The third-order valence-electron chi connectivity index (χ3n) is 3.85. The van der Waals surface area contributed by atoms with Crippen molar-refractivity contribution in [1.82, 2.24) is 0 Å². The van der Waals surface area contributed by atoms with Gasteiger partial charge in [0.25, 0.3) is 11.1 Å². The van der Waals surface area contributed by atoms with Crippen molar-refractivity contribution in [2.75, 3.05) is 21.7 Å². The first-order chi connectivity index (χ1) is 16.1. The summed E-state index contributed by atoms with van der Waals surface area (Å²) in [6, 6.07) is 9.35. The minimum atomic E-state index is -1.50. The van der Waals surface area contributed by atoms with Crippen LogP contribution in [-0.2, 0) is 9.59 Å². The SMILES string of the molecule is C[C@](O)(CBr)C(=O)Cl.[C-]#[N+]c1ccc(N)cc1Cl.[C-]#[N+]c1ccc(NC(=O)[C@@](C)(O)CBr)cc1Cl. The third-order valence-corrected chi connectivity index (χ3v) is 7.05. The summed E-state index contributed by atoms with van der Waals surface area (Å²) in [5.41, 5.74) is 4.26. The van der Waals surface area contributed by atoms with E-state index in [2.05, 4.69) is 46.9 Å². The highest BCUT2D eigenvalue weighted by molar-refractivity contribution is 9.09. The Labute approximate surface area is 235 Å². The predicted molar refractivity (Wildman–Crippen MR) is 148 cm³/mol. The number of nitrogens with one attached hydrogen (secondary N) is 1. The van der Waals surface area contributed by atoms with Crippen molar-refractivity contribution in [3.8, 4) is 0 Å². The lowest BCUT2D eigenvalue weighted by Gasteiger charge is -2.19. The van der Waals surface area contributed by atoms with E-state index in [-0.39, 0.29) is 15.7 Å². The summed E-state index contributed by atoms with van der Waals surface area (Å²) in [5.74, 6) is -0.541. The van der Waals surface area contributed by atoms with Crippen LogP contribution in [0.2, 0.25) is 10.0 Å². The van der Waals surface area contributed by atoms with Crippen LogP contribution in [0.15, 0.2) is 36.4 Å². The number of alkyl halides is 2. The van der Waals surface area contributed by atoms with E-state index in [1.807, 2.05) is 0 Å². The van der Waals surface area contributed by atoms with Crippen LogP contribution in [0.5, 0.6) is 0 Å². The molecule has 0 unspecified atom stereocenters. The van der Waals surface area contributed by atoms with Gasteiger partial charge in [-0.2, -0.15) is 0 Å². The number of nitrogen functional groups attached to an aromatic ring is 1. The summed E-state index contributed by atoms with van der Waals surface area (Å²) in [5, 5.41) is 21.3. The number of nitrogens with two attached hydrogens (primary N) is 1. The molecule has 0 aromatic heterocycles. The number of hydrogen-bond donors (Lipinski definition) is 4. The van der Waals surface area contributed by atoms with Crippen molar-refractivity contribution in [1.29, 1.82) is 0 Å². The maximum Gasteiger partial charge on any atom is 0.256 e. The lowest BCUT2D eigenvalue weighted by Crippen LogP contribution is -2.41. The zero-order valence-corrected chi connectivity index (χ0v) is 23.9. The Kier molecular flexibility index (Phi) is 14.4. The van der Waals surface area contributed by atoms with Crippen LogP contribution in [0, 0.1) is 13.1 Å². The van der Waals surface area contributed by atoms with E-state index in [1.165, 1.54) is 26.0 Å². The Balaban J connectivity index is 0.000000545. The highest BCUT2D eigenvalue weighted by Gasteiger charge is 2.29.